The number of hydrogen-bond donors (Lipinski definition) is 2. The van der Waals surface area contributed by atoms with Crippen molar-refractivity contribution in [3.63, 3.8) is 0 Å². The van der Waals surface area contributed by atoms with Crippen molar-refractivity contribution in [1.82, 2.24) is 15.6 Å². The lowest BCUT2D eigenvalue weighted by molar-refractivity contribution is -0.134. The van der Waals surface area contributed by atoms with Crippen molar-refractivity contribution in [2.24, 2.45) is 11.3 Å². The Morgan fingerprint density at radius 1 is 1.28 bits per heavy atom. The number of fused-ring (bicyclic) bond motifs is 1. The van der Waals surface area contributed by atoms with Gasteiger partial charge in [0.05, 0.1) is 12.5 Å². The molecule has 2 N–H and O–H groups in total. The number of benzene rings is 1. The first-order valence-electron chi connectivity index (χ1n) is 10.4. The topological polar surface area (TPSA) is 72.5 Å². The quantitative estimate of drug-likeness (QED) is 0.754. The summed E-state index contributed by atoms with van der Waals surface area (Å²) in [6, 6.07) is 9.67. The second kappa shape index (κ2) is 8.82. The molecule has 29 heavy (non-hydrogen) atoms. The fourth-order valence-corrected chi connectivity index (χ4v) is 4.63. The number of carbonyl (C=O) groups is 1. The normalized spacial score (nSPS) is 23.3. The zero-order valence-corrected chi connectivity index (χ0v) is 16.9. The molecule has 2 aromatic rings. The van der Waals surface area contributed by atoms with Crippen LogP contribution in [0.4, 0.5) is 0 Å². The summed E-state index contributed by atoms with van der Waals surface area (Å²) in [5.74, 6) is 1.99. The average Bonchev–Trinajstić information content (AvgIpc) is 3.22. The van der Waals surface area contributed by atoms with Gasteiger partial charge in [-0.15, -0.1) is 0 Å². The van der Waals surface area contributed by atoms with E-state index in [-0.39, 0.29) is 11.3 Å². The van der Waals surface area contributed by atoms with Crippen LogP contribution in [0, 0.1) is 11.3 Å². The summed E-state index contributed by atoms with van der Waals surface area (Å²) in [7, 11) is 1.63. The highest BCUT2D eigenvalue weighted by Crippen LogP contribution is 2.44. The van der Waals surface area contributed by atoms with Gasteiger partial charge in [0.25, 0.3) is 0 Å². The van der Waals surface area contributed by atoms with E-state index >= 15 is 0 Å². The van der Waals surface area contributed by atoms with Gasteiger partial charge in [0.15, 0.2) is 11.5 Å². The van der Waals surface area contributed by atoms with E-state index in [1.807, 2.05) is 30.3 Å². The molecule has 1 aromatic carbocycles. The smallest absolute Gasteiger partial charge is 0.228 e. The van der Waals surface area contributed by atoms with E-state index in [4.69, 9.17) is 9.47 Å². The van der Waals surface area contributed by atoms with E-state index in [1.165, 1.54) is 6.42 Å². The van der Waals surface area contributed by atoms with Gasteiger partial charge < -0.3 is 20.1 Å². The molecule has 154 valence electrons. The summed E-state index contributed by atoms with van der Waals surface area (Å²) in [6.07, 6.45) is 8.04. The molecular formula is C23H29N3O3. The molecule has 1 aromatic heterocycles. The Balaban J connectivity index is 1.38. The van der Waals surface area contributed by atoms with Gasteiger partial charge in [0.2, 0.25) is 5.91 Å². The van der Waals surface area contributed by atoms with E-state index in [2.05, 4.69) is 15.6 Å². The van der Waals surface area contributed by atoms with Gasteiger partial charge in [-0.25, -0.2) is 0 Å². The van der Waals surface area contributed by atoms with Crippen LogP contribution in [0.3, 0.4) is 0 Å². The summed E-state index contributed by atoms with van der Waals surface area (Å²) >= 11 is 0. The third kappa shape index (κ3) is 4.22. The molecule has 0 spiro atoms. The highest BCUT2D eigenvalue weighted by molar-refractivity contribution is 5.83. The molecule has 1 saturated heterocycles. The highest BCUT2D eigenvalue weighted by atomic mass is 16.5. The predicted octanol–water partition coefficient (Wildman–Crippen LogP) is 3.07. The molecule has 6 nitrogen and oxygen atoms in total. The molecule has 2 aliphatic rings. The Kier molecular flexibility index (Phi) is 6.00. The lowest BCUT2D eigenvalue weighted by atomic mass is 9.67. The largest absolute Gasteiger partial charge is 0.493 e. The van der Waals surface area contributed by atoms with Crippen LogP contribution in [0.5, 0.6) is 11.5 Å². The average molecular weight is 396 g/mol. The minimum atomic E-state index is -0.227. The van der Waals surface area contributed by atoms with E-state index < -0.39 is 0 Å². The van der Waals surface area contributed by atoms with Gasteiger partial charge in [0.1, 0.15) is 6.61 Å². The molecule has 0 bridgehead atoms. The maximum Gasteiger partial charge on any atom is 0.228 e. The molecule has 6 heteroatoms. The molecule has 1 saturated carbocycles. The number of nitrogens with one attached hydrogen (secondary N) is 2. The number of carbonyl (C=O) groups excluding carboxylic acids is 1. The van der Waals surface area contributed by atoms with Gasteiger partial charge in [-0.05, 0) is 49.1 Å². The van der Waals surface area contributed by atoms with Crippen molar-refractivity contribution in [3.8, 4) is 11.5 Å². The van der Waals surface area contributed by atoms with Gasteiger partial charge in [-0.3, -0.25) is 9.78 Å². The number of pyridine rings is 1. The van der Waals surface area contributed by atoms with Crippen LogP contribution in [0.2, 0.25) is 0 Å². The second-order valence-corrected chi connectivity index (χ2v) is 8.05. The van der Waals surface area contributed by atoms with Crippen LogP contribution >= 0.6 is 0 Å². The first-order valence-corrected chi connectivity index (χ1v) is 10.4. The summed E-state index contributed by atoms with van der Waals surface area (Å²) in [5, 5.41) is 6.61. The third-order valence-electron chi connectivity index (χ3n) is 6.29. The third-order valence-corrected chi connectivity index (χ3v) is 6.29. The van der Waals surface area contributed by atoms with Gasteiger partial charge >= 0.3 is 0 Å². The number of rotatable bonds is 7. The van der Waals surface area contributed by atoms with Crippen LogP contribution in [-0.4, -0.2) is 31.1 Å². The molecule has 1 aliphatic heterocycles. The van der Waals surface area contributed by atoms with Crippen molar-refractivity contribution in [2.75, 3.05) is 20.2 Å². The monoisotopic (exact) mass is 395 g/mol. The molecule has 4 rings (SSSR count). The molecule has 1 amide bonds. The molecule has 1 aliphatic carbocycles. The SMILES string of the molecule is COc1cc(CNC(=O)[C@@]23CCCC[C@H]2CNC3)ccc1OCc1cccnc1. The van der Waals surface area contributed by atoms with Crippen LogP contribution in [0.15, 0.2) is 42.7 Å². The van der Waals surface area contributed by atoms with E-state index in [9.17, 15) is 4.79 Å². The van der Waals surface area contributed by atoms with E-state index in [0.717, 1.165) is 43.5 Å². The van der Waals surface area contributed by atoms with E-state index in [1.54, 1.807) is 19.5 Å². The van der Waals surface area contributed by atoms with Crippen LogP contribution < -0.4 is 20.1 Å². The van der Waals surface area contributed by atoms with Crippen molar-refractivity contribution in [2.45, 2.75) is 38.8 Å². The number of methoxy groups -OCH3 is 1. The van der Waals surface area contributed by atoms with Crippen molar-refractivity contribution >= 4 is 5.91 Å². The Labute approximate surface area is 172 Å². The van der Waals surface area contributed by atoms with Crippen LogP contribution in [-0.2, 0) is 17.9 Å². The van der Waals surface area contributed by atoms with Crippen molar-refractivity contribution in [3.05, 3.63) is 53.9 Å². The standard InChI is InChI=1S/C23H29N3O3/c1-28-21-11-17(7-8-20(21)29-15-18-5-4-10-24-12-18)13-26-22(27)23-9-3-2-6-19(23)14-25-16-23/h4-5,7-8,10-12,19,25H,2-3,6,9,13-16H2,1H3,(H,26,27)/t19-,23+/m0/s1. The Morgan fingerprint density at radius 2 is 2.21 bits per heavy atom. The first kappa shape index (κ1) is 19.7. The molecule has 0 radical (unpaired) electrons. The molecular weight excluding hydrogens is 366 g/mol. The fraction of sp³-hybridized carbons (Fsp3) is 0.478. The number of ether oxygens (including phenoxy) is 2. The molecule has 2 heterocycles. The number of aromatic nitrogens is 1. The minimum absolute atomic E-state index is 0.183. The first-order chi connectivity index (χ1) is 14.2. The van der Waals surface area contributed by atoms with Crippen LogP contribution in [0.1, 0.15) is 36.8 Å². The van der Waals surface area contributed by atoms with E-state index in [0.29, 0.717) is 30.6 Å². The zero-order chi connectivity index (χ0) is 20.1. The van der Waals surface area contributed by atoms with Gasteiger partial charge in [0, 0.05) is 31.0 Å². The molecule has 0 unspecified atom stereocenters. The summed E-state index contributed by atoms with van der Waals surface area (Å²) in [4.78, 5) is 17.1. The van der Waals surface area contributed by atoms with Gasteiger partial charge in [-0.1, -0.05) is 25.0 Å². The Hall–Kier alpha value is -2.60. The maximum atomic E-state index is 13.0. The second-order valence-electron chi connectivity index (χ2n) is 8.05. The summed E-state index contributed by atoms with van der Waals surface area (Å²) in [6.45, 7) is 2.68. The van der Waals surface area contributed by atoms with Crippen molar-refractivity contribution < 1.29 is 14.3 Å². The lowest BCUT2D eigenvalue weighted by Crippen LogP contribution is -2.47. The summed E-state index contributed by atoms with van der Waals surface area (Å²) < 4.78 is 11.4. The maximum absolute atomic E-state index is 13.0. The molecule has 2 atom stereocenters. The Bertz CT molecular complexity index is 843. The zero-order valence-electron chi connectivity index (χ0n) is 16.9. The van der Waals surface area contributed by atoms with Gasteiger partial charge in [-0.2, -0.15) is 0 Å². The minimum Gasteiger partial charge on any atom is -0.493 e. The summed E-state index contributed by atoms with van der Waals surface area (Å²) in [5.41, 5.74) is 1.77. The number of hydrogen-bond acceptors (Lipinski definition) is 5. The molecule has 2 fully saturated rings. The lowest BCUT2D eigenvalue weighted by Gasteiger charge is -2.37. The van der Waals surface area contributed by atoms with Crippen molar-refractivity contribution in [1.29, 1.82) is 0 Å². The predicted molar refractivity (Wildman–Crippen MR) is 111 cm³/mol. The highest BCUT2D eigenvalue weighted by Gasteiger charge is 2.49. The Morgan fingerprint density at radius 3 is 3.03 bits per heavy atom. The fourth-order valence-electron chi connectivity index (χ4n) is 4.63. The number of nitrogens with zero attached hydrogens (tertiary/aromatic N) is 1. The number of amides is 1. The van der Waals surface area contributed by atoms with Crippen LogP contribution in [0.25, 0.3) is 0 Å².